The fraction of sp³-hybridized carbons (Fsp3) is 0.304. The normalized spacial score (nSPS) is 10.5. The molecule has 0 aliphatic carbocycles. The van der Waals surface area contributed by atoms with Gasteiger partial charge in [0.2, 0.25) is 5.95 Å². The maximum absolute atomic E-state index is 4.62. The number of hydrogen-bond acceptors (Lipinski definition) is 6. The van der Waals surface area contributed by atoms with E-state index in [2.05, 4.69) is 80.6 Å². The number of anilines is 6. The third-order valence-electron chi connectivity index (χ3n) is 4.76. The average molecular weight is 391 g/mol. The van der Waals surface area contributed by atoms with Gasteiger partial charge in [0, 0.05) is 61.7 Å². The summed E-state index contributed by atoms with van der Waals surface area (Å²) in [5.41, 5.74) is 5.23. The van der Waals surface area contributed by atoms with Gasteiger partial charge in [0.15, 0.2) is 0 Å². The molecule has 3 rings (SSSR count). The molecule has 0 atom stereocenters. The molecular formula is C23H30N6. The maximum Gasteiger partial charge on any atom is 0.229 e. The molecule has 2 aromatic carbocycles. The van der Waals surface area contributed by atoms with Gasteiger partial charge >= 0.3 is 0 Å². The van der Waals surface area contributed by atoms with Crippen molar-refractivity contribution >= 4 is 34.5 Å². The number of rotatable bonds is 8. The lowest BCUT2D eigenvalue weighted by atomic mass is 10.2. The molecule has 0 bridgehead atoms. The maximum atomic E-state index is 4.62. The molecule has 0 aliphatic rings. The van der Waals surface area contributed by atoms with E-state index in [4.69, 9.17) is 0 Å². The highest BCUT2D eigenvalue weighted by Crippen LogP contribution is 2.23. The molecule has 6 heteroatoms. The van der Waals surface area contributed by atoms with Crippen LogP contribution in [0.3, 0.4) is 0 Å². The molecule has 0 unspecified atom stereocenters. The molecule has 0 saturated carbocycles. The number of aryl methyl sites for hydroxylation is 1. The van der Waals surface area contributed by atoms with Gasteiger partial charge < -0.3 is 20.4 Å². The Morgan fingerprint density at radius 3 is 1.86 bits per heavy atom. The summed E-state index contributed by atoms with van der Waals surface area (Å²) in [5.74, 6) is 1.34. The number of nitrogens with zero attached hydrogens (tertiary/aromatic N) is 4. The van der Waals surface area contributed by atoms with Crippen molar-refractivity contribution in [3.63, 3.8) is 0 Å². The molecule has 0 spiro atoms. The molecule has 1 aromatic heterocycles. The van der Waals surface area contributed by atoms with E-state index < -0.39 is 0 Å². The van der Waals surface area contributed by atoms with Crippen LogP contribution in [0, 0.1) is 6.92 Å². The zero-order valence-electron chi connectivity index (χ0n) is 17.9. The number of aromatic nitrogens is 2. The molecule has 0 radical (unpaired) electrons. The van der Waals surface area contributed by atoms with Gasteiger partial charge in [-0.25, -0.2) is 4.98 Å². The van der Waals surface area contributed by atoms with Crippen molar-refractivity contribution in [2.24, 2.45) is 0 Å². The van der Waals surface area contributed by atoms with Gasteiger partial charge in [-0.3, -0.25) is 0 Å². The van der Waals surface area contributed by atoms with Crippen LogP contribution in [0.4, 0.5) is 34.5 Å². The molecule has 152 valence electrons. The Morgan fingerprint density at radius 2 is 1.31 bits per heavy atom. The molecule has 1 heterocycles. The topological polar surface area (TPSA) is 56.3 Å². The van der Waals surface area contributed by atoms with Gasteiger partial charge in [0.05, 0.1) is 0 Å². The van der Waals surface area contributed by atoms with Crippen LogP contribution in [-0.2, 0) is 0 Å². The second kappa shape index (κ2) is 9.28. The minimum Gasteiger partial charge on any atom is -0.378 e. The monoisotopic (exact) mass is 390 g/mol. The van der Waals surface area contributed by atoms with E-state index in [-0.39, 0.29) is 0 Å². The van der Waals surface area contributed by atoms with E-state index in [1.165, 1.54) is 5.69 Å². The Hall–Kier alpha value is -3.28. The summed E-state index contributed by atoms with van der Waals surface area (Å²) in [7, 11) is 4.05. The highest BCUT2D eigenvalue weighted by atomic mass is 15.1. The average Bonchev–Trinajstić information content (AvgIpc) is 2.70. The molecular weight excluding hydrogens is 360 g/mol. The number of benzene rings is 2. The zero-order valence-corrected chi connectivity index (χ0v) is 17.9. The molecule has 3 aromatic rings. The van der Waals surface area contributed by atoms with E-state index >= 15 is 0 Å². The van der Waals surface area contributed by atoms with Gasteiger partial charge in [-0.2, -0.15) is 4.98 Å². The summed E-state index contributed by atoms with van der Waals surface area (Å²) < 4.78 is 0. The summed E-state index contributed by atoms with van der Waals surface area (Å²) in [4.78, 5) is 13.5. The Kier molecular flexibility index (Phi) is 6.54. The number of nitrogens with one attached hydrogen (secondary N) is 2. The van der Waals surface area contributed by atoms with Crippen LogP contribution in [0.5, 0.6) is 0 Å². The summed E-state index contributed by atoms with van der Waals surface area (Å²) in [6.07, 6.45) is 0. The van der Waals surface area contributed by atoms with E-state index in [0.29, 0.717) is 5.95 Å². The standard InChI is InChI=1S/C23H30N6/c1-6-29(7-2)21-14-10-18(11-15-21)25-22-16-17(3)24-23(27-22)26-19-8-12-20(13-9-19)28(4)5/h8-16H,6-7H2,1-5H3,(H2,24,25,26,27). The minimum atomic E-state index is 0.574. The van der Waals surface area contributed by atoms with Crippen LogP contribution in [-0.4, -0.2) is 37.2 Å². The lowest BCUT2D eigenvalue weighted by Crippen LogP contribution is -2.21. The van der Waals surface area contributed by atoms with Crippen molar-refractivity contribution in [2.45, 2.75) is 20.8 Å². The summed E-state index contributed by atoms with van der Waals surface area (Å²) >= 11 is 0. The SMILES string of the molecule is CCN(CC)c1ccc(Nc2cc(C)nc(Nc3ccc(N(C)C)cc3)n2)cc1. The van der Waals surface area contributed by atoms with Gasteiger partial charge in [-0.15, -0.1) is 0 Å². The highest BCUT2D eigenvalue weighted by molar-refractivity contribution is 5.63. The second-order valence-electron chi connectivity index (χ2n) is 7.13. The lowest BCUT2D eigenvalue weighted by molar-refractivity contribution is 0.866. The summed E-state index contributed by atoms with van der Waals surface area (Å²) in [6, 6.07) is 18.6. The van der Waals surface area contributed by atoms with Gasteiger partial charge in [-0.05, 0) is 69.3 Å². The molecule has 0 amide bonds. The van der Waals surface area contributed by atoms with Gasteiger partial charge in [0.1, 0.15) is 5.82 Å². The third kappa shape index (κ3) is 5.38. The van der Waals surface area contributed by atoms with E-state index in [0.717, 1.165) is 41.7 Å². The summed E-state index contributed by atoms with van der Waals surface area (Å²) in [6.45, 7) is 8.30. The smallest absolute Gasteiger partial charge is 0.229 e. The van der Waals surface area contributed by atoms with Crippen LogP contribution >= 0.6 is 0 Å². The van der Waals surface area contributed by atoms with Crippen molar-refractivity contribution in [3.05, 3.63) is 60.3 Å². The first-order chi connectivity index (χ1) is 14.0. The predicted octanol–water partition coefficient (Wildman–Crippen LogP) is 5.18. The van der Waals surface area contributed by atoms with E-state index in [1.54, 1.807) is 0 Å². The van der Waals surface area contributed by atoms with E-state index in [9.17, 15) is 0 Å². The molecule has 0 fully saturated rings. The fourth-order valence-corrected chi connectivity index (χ4v) is 3.15. The van der Waals surface area contributed by atoms with E-state index in [1.807, 2.05) is 39.2 Å². The third-order valence-corrected chi connectivity index (χ3v) is 4.76. The van der Waals surface area contributed by atoms with Crippen molar-refractivity contribution in [2.75, 3.05) is 47.6 Å². The number of hydrogen-bond donors (Lipinski definition) is 2. The minimum absolute atomic E-state index is 0.574. The zero-order chi connectivity index (χ0) is 20.8. The Balaban J connectivity index is 1.73. The summed E-state index contributed by atoms with van der Waals surface area (Å²) in [5, 5.41) is 6.67. The first-order valence-corrected chi connectivity index (χ1v) is 10.0. The van der Waals surface area contributed by atoms with Gasteiger partial charge in [-0.1, -0.05) is 0 Å². The molecule has 0 saturated heterocycles. The highest BCUT2D eigenvalue weighted by Gasteiger charge is 2.06. The first-order valence-electron chi connectivity index (χ1n) is 10.0. The second-order valence-corrected chi connectivity index (χ2v) is 7.13. The van der Waals surface area contributed by atoms with Crippen LogP contribution in [0.2, 0.25) is 0 Å². The lowest BCUT2D eigenvalue weighted by Gasteiger charge is -2.21. The van der Waals surface area contributed by atoms with Crippen LogP contribution in [0.25, 0.3) is 0 Å². The van der Waals surface area contributed by atoms with Crippen LogP contribution in [0.1, 0.15) is 19.5 Å². The van der Waals surface area contributed by atoms with Crippen molar-refractivity contribution in [1.29, 1.82) is 0 Å². The largest absolute Gasteiger partial charge is 0.378 e. The van der Waals surface area contributed by atoms with Crippen molar-refractivity contribution < 1.29 is 0 Å². The predicted molar refractivity (Wildman–Crippen MR) is 124 cm³/mol. The Labute approximate surface area is 173 Å². The van der Waals surface area contributed by atoms with Crippen molar-refractivity contribution in [3.8, 4) is 0 Å². The van der Waals surface area contributed by atoms with Crippen LogP contribution < -0.4 is 20.4 Å². The van der Waals surface area contributed by atoms with Crippen LogP contribution in [0.15, 0.2) is 54.6 Å². The Bertz CT molecular complexity index is 915. The van der Waals surface area contributed by atoms with Crippen molar-refractivity contribution in [1.82, 2.24) is 9.97 Å². The quantitative estimate of drug-likeness (QED) is 0.552. The molecule has 2 N–H and O–H groups in total. The molecule has 29 heavy (non-hydrogen) atoms. The van der Waals surface area contributed by atoms with Gasteiger partial charge in [0.25, 0.3) is 0 Å². The molecule has 6 nitrogen and oxygen atoms in total. The fourth-order valence-electron chi connectivity index (χ4n) is 3.15. The Morgan fingerprint density at radius 1 is 0.759 bits per heavy atom. The molecule has 0 aliphatic heterocycles. The first kappa shape index (κ1) is 20.5.